The summed E-state index contributed by atoms with van der Waals surface area (Å²) in [6.07, 6.45) is 2.73. The van der Waals surface area contributed by atoms with Gasteiger partial charge in [-0.1, -0.05) is 20.8 Å². The Hall–Kier alpha value is -0.120. The standard InChI is InChI=1S/C13H29NO2/c1-5-13(15)7-6-8-14(9-10-16-4)11-12(2)3/h12-13,15H,5-11H2,1-4H3. The third-order valence-electron chi connectivity index (χ3n) is 2.72. The third kappa shape index (κ3) is 9.13. The van der Waals surface area contributed by atoms with Gasteiger partial charge in [0.25, 0.3) is 0 Å². The number of nitrogens with zero attached hydrogens (tertiary/aromatic N) is 1. The number of ether oxygens (including phenoxy) is 1. The van der Waals surface area contributed by atoms with Gasteiger partial charge in [0, 0.05) is 20.2 Å². The second kappa shape index (κ2) is 10.1. The molecule has 1 unspecified atom stereocenters. The summed E-state index contributed by atoms with van der Waals surface area (Å²) in [5.41, 5.74) is 0. The SMILES string of the molecule is CCC(O)CCCN(CCOC)CC(C)C. The number of methoxy groups -OCH3 is 1. The predicted molar refractivity (Wildman–Crippen MR) is 68.7 cm³/mol. The van der Waals surface area contributed by atoms with Crippen LogP contribution in [0.15, 0.2) is 0 Å². The van der Waals surface area contributed by atoms with Crippen molar-refractivity contribution in [1.82, 2.24) is 4.90 Å². The van der Waals surface area contributed by atoms with Crippen molar-refractivity contribution < 1.29 is 9.84 Å². The van der Waals surface area contributed by atoms with Crippen LogP contribution in [-0.2, 0) is 4.74 Å². The number of aliphatic hydroxyl groups is 1. The highest BCUT2D eigenvalue weighted by molar-refractivity contribution is 4.62. The molecule has 16 heavy (non-hydrogen) atoms. The largest absolute Gasteiger partial charge is 0.393 e. The molecule has 0 saturated heterocycles. The highest BCUT2D eigenvalue weighted by Gasteiger charge is 2.08. The fourth-order valence-electron chi connectivity index (χ4n) is 1.79. The summed E-state index contributed by atoms with van der Waals surface area (Å²) in [7, 11) is 1.74. The van der Waals surface area contributed by atoms with E-state index in [1.807, 2.05) is 6.92 Å². The van der Waals surface area contributed by atoms with Gasteiger partial charge in [-0.2, -0.15) is 0 Å². The summed E-state index contributed by atoms with van der Waals surface area (Å²) in [5, 5.41) is 9.49. The lowest BCUT2D eigenvalue weighted by Crippen LogP contribution is -2.32. The van der Waals surface area contributed by atoms with Crippen molar-refractivity contribution in [3.8, 4) is 0 Å². The monoisotopic (exact) mass is 231 g/mol. The third-order valence-corrected chi connectivity index (χ3v) is 2.72. The molecular weight excluding hydrogens is 202 g/mol. The Morgan fingerprint density at radius 3 is 2.44 bits per heavy atom. The first-order valence-corrected chi connectivity index (χ1v) is 6.49. The normalized spacial score (nSPS) is 13.7. The molecule has 0 fully saturated rings. The van der Waals surface area contributed by atoms with E-state index >= 15 is 0 Å². The number of aliphatic hydroxyl groups excluding tert-OH is 1. The molecular formula is C13H29NO2. The maximum Gasteiger partial charge on any atom is 0.0589 e. The summed E-state index contributed by atoms with van der Waals surface area (Å²) < 4.78 is 5.11. The lowest BCUT2D eigenvalue weighted by Gasteiger charge is -2.24. The Labute approximate surface area is 101 Å². The Balaban J connectivity index is 3.72. The van der Waals surface area contributed by atoms with Gasteiger partial charge in [-0.05, 0) is 31.7 Å². The van der Waals surface area contributed by atoms with Gasteiger partial charge in [0.05, 0.1) is 12.7 Å². The fraction of sp³-hybridized carbons (Fsp3) is 1.00. The van der Waals surface area contributed by atoms with Crippen LogP contribution in [0.2, 0.25) is 0 Å². The van der Waals surface area contributed by atoms with E-state index in [0.29, 0.717) is 5.92 Å². The zero-order valence-corrected chi connectivity index (χ0v) is 11.4. The summed E-state index contributed by atoms with van der Waals surface area (Å²) >= 11 is 0. The van der Waals surface area contributed by atoms with Crippen molar-refractivity contribution in [2.24, 2.45) is 5.92 Å². The highest BCUT2D eigenvalue weighted by atomic mass is 16.5. The van der Waals surface area contributed by atoms with Crippen molar-refractivity contribution >= 4 is 0 Å². The Bertz CT molecular complexity index is 151. The number of hydrogen-bond acceptors (Lipinski definition) is 3. The van der Waals surface area contributed by atoms with Crippen molar-refractivity contribution in [3.63, 3.8) is 0 Å². The molecule has 0 spiro atoms. The molecule has 0 aliphatic heterocycles. The summed E-state index contributed by atoms with van der Waals surface area (Å²) in [5.74, 6) is 0.688. The minimum absolute atomic E-state index is 0.122. The van der Waals surface area contributed by atoms with E-state index in [4.69, 9.17) is 4.74 Å². The minimum atomic E-state index is -0.122. The molecule has 0 heterocycles. The van der Waals surface area contributed by atoms with Crippen LogP contribution >= 0.6 is 0 Å². The first-order chi connectivity index (χ1) is 7.60. The minimum Gasteiger partial charge on any atom is -0.393 e. The van der Waals surface area contributed by atoms with Gasteiger partial charge < -0.3 is 14.7 Å². The Morgan fingerprint density at radius 2 is 1.94 bits per heavy atom. The molecule has 3 nitrogen and oxygen atoms in total. The first kappa shape index (κ1) is 15.9. The van der Waals surface area contributed by atoms with Gasteiger partial charge in [-0.3, -0.25) is 0 Å². The molecule has 0 aliphatic rings. The molecule has 0 aliphatic carbocycles. The van der Waals surface area contributed by atoms with Crippen molar-refractivity contribution in [2.45, 2.75) is 46.1 Å². The number of hydrogen-bond donors (Lipinski definition) is 1. The first-order valence-electron chi connectivity index (χ1n) is 6.49. The molecule has 0 saturated carbocycles. The van der Waals surface area contributed by atoms with Gasteiger partial charge >= 0.3 is 0 Å². The molecule has 0 rings (SSSR count). The molecule has 1 atom stereocenters. The van der Waals surface area contributed by atoms with Crippen LogP contribution in [0, 0.1) is 5.92 Å². The maximum atomic E-state index is 9.49. The smallest absolute Gasteiger partial charge is 0.0589 e. The molecule has 0 aromatic rings. The van der Waals surface area contributed by atoms with Crippen molar-refractivity contribution in [1.29, 1.82) is 0 Å². The molecule has 1 N–H and O–H groups in total. The van der Waals surface area contributed by atoms with E-state index < -0.39 is 0 Å². The second-order valence-corrected chi connectivity index (χ2v) is 4.89. The Kier molecular flexibility index (Phi) is 9.99. The Morgan fingerprint density at radius 1 is 1.25 bits per heavy atom. The molecule has 98 valence electrons. The molecule has 0 bridgehead atoms. The van der Waals surface area contributed by atoms with Crippen LogP contribution < -0.4 is 0 Å². The van der Waals surface area contributed by atoms with Gasteiger partial charge in [0.1, 0.15) is 0 Å². The van der Waals surface area contributed by atoms with E-state index in [0.717, 1.165) is 45.5 Å². The van der Waals surface area contributed by atoms with Crippen LogP contribution in [0.1, 0.15) is 40.0 Å². The quantitative estimate of drug-likeness (QED) is 0.625. The van der Waals surface area contributed by atoms with Crippen molar-refractivity contribution in [3.05, 3.63) is 0 Å². The zero-order valence-electron chi connectivity index (χ0n) is 11.4. The average molecular weight is 231 g/mol. The molecule has 0 radical (unpaired) electrons. The van der Waals surface area contributed by atoms with Crippen LogP contribution in [0.5, 0.6) is 0 Å². The zero-order chi connectivity index (χ0) is 12.4. The van der Waals surface area contributed by atoms with Crippen LogP contribution in [-0.4, -0.2) is 49.5 Å². The molecule has 0 amide bonds. The van der Waals surface area contributed by atoms with E-state index in [1.54, 1.807) is 7.11 Å². The summed E-state index contributed by atoms with van der Waals surface area (Å²) in [4.78, 5) is 2.43. The lowest BCUT2D eigenvalue weighted by atomic mass is 10.1. The lowest BCUT2D eigenvalue weighted by molar-refractivity contribution is 0.125. The van der Waals surface area contributed by atoms with Gasteiger partial charge in [-0.15, -0.1) is 0 Å². The average Bonchev–Trinajstić information content (AvgIpc) is 2.24. The van der Waals surface area contributed by atoms with Crippen molar-refractivity contribution in [2.75, 3.05) is 33.4 Å². The van der Waals surface area contributed by atoms with Gasteiger partial charge in [0.15, 0.2) is 0 Å². The van der Waals surface area contributed by atoms with Crippen LogP contribution in [0.25, 0.3) is 0 Å². The molecule has 0 aromatic carbocycles. The fourth-order valence-corrected chi connectivity index (χ4v) is 1.79. The topological polar surface area (TPSA) is 32.7 Å². The second-order valence-electron chi connectivity index (χ2n) is 4.89. The van der Waals surface area contributed by atoms with E-state index in [9.17, 15) is 5.11 Å². The van der Waals surface area contributed by atoms with Crippen LogP contribution in [0.4, 0.5) is 0 Å². The van der Waals surface area contributed by atoms with Crippen LogP contribution in [0.3, 0.4) is 0 Å². The van der Waals surface area contributed by atoms with E-state index in [1.165, 1.54) is 0 Å². The maximum absolute atomic E-state index is 9.49. The van der Waals surface area contributed by atoms with Gasteiger partial charge in [0.2, 0.25) is 0 Å². The highest BCUT2D eigenvalue weighted by Crippen LogP contribution is 2.05. The summed E-state index contributed by atoms with van der Waals surface area (Å²) in [6.45, 7) is 10.5. The molecule has 3 heteroatoms. The molecule has 0 aromatic heterocycles. The predicted octanol–water partition coefficient (Wildman–Crippen LogP) is 2.14. The van der Waals surface area contributed by atoms with E-state index in [2.05, 4.69) is 18.7 Å². The van der Waals surface area contributed by atoms with E-state index in [-0.39, 0.29) is 6.10 Å². The summed E-state index contributed by atoms with van der Waals surface area (Å²) in [6, 6.07) is 0. The van der Waals surface area contributed by atoms with Gasteiger partial charge in [-0.25, -0.2) is 0 Å². The number of rotatable bonds is 10.